The van der Waals surface area contributed by atoms with Crippen molar-refractivity contribution < 1.29 is 11.3 Å². The first-order valence-corrected chi connectivity index (χ1v) is 7.46. The minimum Gasteiger partial charge on any atom is -0.466 e. The van der Waals surface area contributed by atoms with E-state index in [1.165, 1.54) is 0 Å². The maximum Gasteiger partial charge on any atom is 0.232 e. The van der Waals surface area contributed by atoms with Crippen LogP contribution in [0.25, 0.3) is 38.0 Å². The van der Waals surface area contributed by atoms with Gasteiger partial charge in [-0.15, -0.1) is 0 Å². The Hall–Kier alpha value is -3.12. The molecule has 2 aromatic heterocycles. The first kappa shape index (κ1) is 9.89. The van der Waals surface area contributed by atoms with E-state index in [-0.39, 0.29) is 29.6 Å². The third-order valence-electron chi connectivity index (χ3n) is 4.01. The van der Waals surface area contributed by atoms with Gasteiger partial charge in [-0.25, -0.2) is 4.85 Å². The number of hydrogen-bond donors (Lipinski definition) is 0. The number of aromatic nitrogens is 1. The molecule has 0 radical (unpaired) electrons. The molecule has 0 bridgehead atoms. The zero-order valence-electron chi connectivity index (χ0n) is 18.2. The van der Waals surface area contributed by atoms with Crippen molar-refractivity contribution in [3.05, 3.63) is 71.6 Å². The summed E-state index contributed by atoms with van der Waals surface area (Å²) in [7, 11) is 0. The van der Waals surface area contributed by atoms with Crippen molar-refractivity contribution >= 4 is 27.6 Å². The number of furan rings is 1. The molecule has 0 fully saturated rings. The molecule has 2 heterocycles. The Balaban J connectivity index is 2.11. The van der Waals surface area contributed by atoms with Gasteiger partial charge in [0.05, 0.1) is 17.7 Å². The standard InChI is InChI=1S/C21H16N2O/c1-13(2)14-10-11-16-15-7-6-8-17(18-9-4-5-12-23-18)20(15)24-21(16)19(14)22-3/h4-13H,1-2H3/i4D,5D,9D,12D,13D. The number of pyridine rings is 1. The first-order valence-electron chi connectivity index (χ1n) is 9.96. The fourth-order valence-electron chi connectivity index (χ4n) is 2.91. The molecule has 0 spiro atoms. The Morgan fingerprint density at radius 2 is 2.00 bits per heavy atom. The lowest BCUT2D eigenvalue weighted by Gasteiger charge is -2.07. The molecule has 0 unspecified atom stereocenters. The van der Waals surface area contributed by atoms with E-state index in [0.717, 1.165) is 0 Å². The first-order chi connectivity index (χ1) is 13.6. The zero-order valence-corrected chi connectivity index (χ0v) is 13.2. The van der Waals surface area contributed by atoms with Crippen molar-refractivity contribution in [2.45, 2.75) is 19.7 Å². The molecular formula is C21H16N2O. The van der Waals surface area contributed by atoms with Gasteiger partial charge in [0.1, 0.15) is 11.2 Å². The van der Waals surface area contributed by atoms with Crippen LogP contribution in [0.2, 0.25) is 0 Å². The van der Waals surface area contributed by atoms with Gasteiger partial charge in [-0.3, -0.25) is 4.98 Å². The number of rotatable bonds is 2. The lowest BCUT2D eigenvalue weighted by molar-refractivity contribution is 0.670. The molecule has 3 heteroatoms. The molecule has 4 rings (SSSR count). The highest BCUT2D eigenvalue weighted by Crippen LogP contribution is 2.42. The Morgan fingerprint density at radius 3 is 2.79 bits per heavy atom. The van der Waals surface area contributed by atoms with E-state index in [9.17, 15) is 0 Å². The Labute approximate surface area is 147 Å². The van der Waals surface area contributed by atoms with Gasteiger partial charge in [0, 0.05) is 23.9 Å². The van der Waals surface area contributed by atoms with Crippen LogP contribution < -0.4 is 0 Å². The van der Waals surface area contributed by atoms with Gasteiger partial charge >= 0.3 is 0 Å². The number of fused-ring (bicyclic) bond motifs is 3. The molecule has 3 nitrogen and oxygen atoms in total. The summed E-state index contributed by atoms with van der Waals surface area (Å²) in [5, 5.41) is 1.42. The van der Waals surface area contributed by atoms with Crippen LogP contribution in [0.3, 0.4) is 0 Å². The second-order valence-corrected chi connectivity index (χ2v) is 5.68. The summed E-state index contributed by atoms with van der Waals surface area (Å²) in [5.41, 5.74) is 2.10. The van der Waals surface area contributed by atoms with Crippen LogP contribution in [-0.4, -0.2) is 4.98 Å². The molecular weight excluding hydrogens is 296 g/mol. The van der Waals surface area contributed by atoms with E-state index in [2.05, 4.69) is 9.83 Å². The minimum atomic E-state index is -0.976. The molecule has 0 aliphatic rings. The van der Waals surface area contributed by atoms with Crippen molar-refractivity contribution in [1.82, 2.24) is 4.98 Å². The van der Waals surface area contributed by atoms with Crippen LogP contribution in [-0.2, 0) is 0 Å². The summed E-state index contributed by atoms with van der Waals surface area (Å²) in [6.45, 7) is 11.0. The summed E-state index contributed by atoms with van der Waals surface area (Å²) in [4.78, 5) is 7.66. The van der Waals surface area contributed by atoms with Crippen molar-refractivity contribution in [2.75, 3.05) is 0 Å². The lowest BCUT2D eigenvalue weighted by Crippen LogP contribution is -1.86. The second-order valence-electron chi connectivity index (χ2n) is 5.68. The molecule has 0 saturated heterocycles. The van der Waals surface area contributed by atoms with Gasteiger partial charge in [-0.05, 0) is 29.6 Å². The van der Waals surface area contributed by atoms with E-state index in [1.807, 2.05) is 12.1 Å². The fourth-order valence-corrected chi connectivity index (χ4v) is 2.91. The zero-order chi connectivity index (χ0) is 21.1. The van der Waals surface area contributed by atoms with E-state index in [0.29, 0.717) is 33.1 Å². The molecule has 24 heavy (non-hydrogen) atoms. The normalized spacial score (nSPS) is 14.6. The van der Waals surface area contributed by atoms with Gasteiger partial charge in [0.2, 0.25) is 5.69 Å². The molecule has 0 aliphatic carbocycles. The number of benzene rings is 2. The number of hydrogen-bond acceptors (Lipinski definition) is 2. The third kappa shape index (κ3) is 2.08. The Morgan fingerprint density at radius 1 is 1.17 bits per heavy atom. The van der Waals surface area contributed by atoms with Crippen LogP contribution in [0.1, 0.15) is 32.2 Å². The average molecular weight is 317 g/mol. The van der Waals surface area contributed by atoms with Gasteiger partial charge in [0.15, 0.2) is 0 Å². The Bertz CT molecular complexity index is 1350. The SMILES string of the molecule is [2H]c1nc(-c2cccc3c2oc2c([N+]#[C-])c(C([2H])(C)C)ccc23)c([2H])c([2H])c1[2H]. The molecule has 2 aromatic carbocycles. The molecule has 4 aromatic rings. The molecule has 0 atom stereocenters. The van der Waals surface area contributed by atoms with Gasteiger partial charge in [0.25, 0.3) is 0 Å². The van der Waals surface area contributed by atoms with Crippen molar-refractivity contribution in [1.29, 1.82) is 0 Å². The van der Waals surface area contributed by atoms with Crippen molar-refractivity contribution in [2.24, 2.45) is 0 Å². The number of para-hydroxylation sites is 1. The number of nitrogens with zero attached hydrogens (tertiary/aromatic N) is 2. The predicted molar refractivity (Wildman–Crippen MR) is 97.3 cm³/mol. The van der Waals surface area contributed by atoms with E-state index in [4.69, 9.17) is 17.8 Å². The van der Waals surface area contributed by atoms with E-state index >= 15 is 0 Å². The van der Waals surface area contributed by atoms with E-state index < -0.39 is 11.9 Å². The average Bonchev–Trinajstić information content (AvgIpc) is 3.06. The summed E-state index contributed by atoms with van der Waals surface area (Å²) in [6.07, 6.45) is -0.380. The van der Waals surface area contributed by atoms with Crippen LogP contribution in [0.5, 0.6) is 0 Å². The highest BCUT2D eigenvalue weighted by molar-refractivity contribution is 6.12. The largest absolute Gasteiger partial charge is 0.466 e. The molecule has 0 N–H and O–H groups in total. The highest BCUT2D eigenvalue weighted by Gasteiger charge is 2.18. The summed E-state index contributed by atoms with van der Waals surface area (Å²) in [6, 6.07) is 7.83. The quantitative estimate of drug-likeness (QED) is 0.405. The van der Waals surface area contributed by atoms with Crippen molar-refractivity contribution in [3.8, 4) is 11.3 Å². The van der Waals surface area contributed by atoms with Crippen molar-refractivity contribution in [3.63, 3.8) is 0 Å². The van der Waals surface area contributed by atoms with Crippen LogP contribution in [0.15, 0.2) is 59.0 Å². The molecule has 116 valence electrons. The lowest BCUT2D eigenvalue weighted by atomic mass is 9.98. The maximum atomic E-state index is 8.32. The second kappa shape index (κ2) is 5.50. The van der Waals surface area contributed by atoms with Crippen LogP contribution in [0.4, 0.5) is 5.69 Å². The third-order valence-corrected chi connectivity index (χ3v) is 4.01. The monoisotopic (exact) mass is 317 g/mol. The van der Waals surface area contributed by atoms with Gasteiger partial charge in [-0.2, -0.15) is 0 Å². The topological polar surface area (TPSA) is 30.4 Å². The maximum absolute atomic E-state index is 8.32. The predicted octanol–water partition coefficient (Wildman–Crippen LogP) is 6.32. The summed E-state index contributed by atoms with van der Waals surface area (Å²) < 4.78 is 46.1. The smallest absolute Gasteiger partial charge is 0.232 e. The van der Waals surface area contributed by atoms with Crippen LogP contribution >= 0.6 is 0 Å². The fraction of sp³-hybridized carbons (Fsp3) is 0.143. The van der Waals surface area contributed by atoms with E-state index in [1.54, 1.807) is 32.0 Å². The van der Waals surface area contributed by atoms with Crippen LogP contribution in [0, 0.1) is 6.57 Å². The molecule has 0 aliphatic heterocycles. The summed E-state index contributed by atoms with van der Waals surface area (Å²) in [5.74, 6) is -0.976. The Kier molecular flexibility index (Phi) is 2.27. The molecule has 0 saturated carbocycles. The molecule has 0 amide bonds. The highest BCUT2D eigenvalue weighted by atomic mass is 16.3. The minimum absolute atomic E-state index is 0.0889. The summed E-state index contributed by atoms with van der Waals surface area (Å²) >= 11 is 0. The van der Waals surface area contributed by atoms with Gasteiger partial charge in [-0.1, -0.05) is 44.2 Å². The van der Waals surface area contributed by atoms with Gasteiger partial charge < -0.3 is 4.42 Å².